The number of hydrogen-bond donors (Lipinski definition) is 2. The fourth-order valence-corrected chi connectivity index (χ4v) is 6.55. The van der Waals surface area contributed by atoms with Gasteiger partial charge < -0.3 is 10.2 Å². The van der Waals surface area contributed by atoms with Crippen molar-refractivity contribution in [3.8, 4) is 11.8 Å². The molecular weight excluding hydrogens is 507 g/mol. The lowest BCUT2D eigenvalue weighted by Crippen LogP contribution is -2.35. The van der Waals surface area contributed by atoms with Gasteiger partial charge in [-0.15, -0.1) is 0 Å². The van der Waals surface area contributed by atoms with Crippen molar-refractivity contribution in [1.29, 1.82) is 0 Å². The lowest BCUT2D eigenvalue weighted by Gasteiger charge is -2.25. The maximum Gasteiger partial charge on any atom is 0.262 e. The van der Waals surface area contributed by atoms with Crippen LogP contribution in [0.2, 0.25) is 10.0 Å². The molecule has 4 heterocycles. The van der Waals surface area contributed by atoms with Crippen molar-refractivity contribution in [3.05, 3.63) is 65.6 Å². The van der Waals surface area contributed by atoms with Gasteiger partial charge in [-0.25, -0.2) is 0 Å². The predicted octanol–water partition coefficient (Wildman–Crippen LogP) is 3.69. The smallest absolute Gasteiger partial charge is 0.262 e. The van der Waals surface area contributed by atoms with Crippen LogP contribution in [-0.4, -0.2) is 40.8 Å². The van der Waals surface area contributed by atoms with E-state index in [4.69, 9.17) is 23.2 Å². The summed E-state index contributed by atoms with van der Waals surface area (Å²) >= 11 is 15.3. The van der Waals surface area contributed by atoms with Crippen LogP contribution in [0.4, 0.5) is 0 Å². The molecule has 5 rings (SSSR count). The Bertz CT molecular complexity index is 1310. The Kier molecular flexibility index (Phi) is 6.11. The summed E-state index contributed by atoms with van der Waals surface area (Å²) in [7, 11) is 0. The molecular formula is C21H18Cl2N4O4S2. The normalized spacial score (nSPS) is 15.4. The Morgan fingerprint density at radius 1 is 0.879 bits per heavy atom. The van der Waals surface area contributed by atoms with E-state index in [1.165, 1.54) is 38.7 Å². The summed E-state index contributed by atoms with van der Waals surface area (Å²) < 4.78 is 2.97. The predicted molar refractivity (Wildman–Crippen MR) is 128 cm³/mol. The fourth-order valence-electron chi connectivity index (χ4n) is 4.16. The van der Waals surface area contributed by atoms with Crippen molar-refractivity contribution in [2.45, 2.75) is 42.2 Å². The molecule has 12 heteroatoms. The first-order chi connectivity index (χ1) is 15.9. The van der Waals surface area contributed by atoms with Gasteiger partial charge in [-0.1, -0.05) is 52.8 Å². The number of halogens is 2. The van der Waals surface area contributed by atoms with Crippen molar-refractivity contribution in [1.82, 2.24) is 19.1 Å². The maximum absolute atomic E-state index is 13.6. The van der Waals surface area contributed by atoms with Gasteiger partial charge in [0, 0.05) is 34.6 Å². The van der Waals surface area contributed by atoms with Gasteiger partial charge in [0.1, 0.15) is 0 Å². The second-order valence-corrected chi connectivity index (χ2v) is 10.6. The third-order valence-electron chi connectivity index (χ3n) is 5.66. The van der Waals surface area contributed by atoms with Crippen molar-refractivity contribution in [2.75, 3.05) is 11.5 Å². The van der Waals surface area contributed by atoms with E-state index in [9.17, 15) is 19.8 Å². The van der Waals surface area contributed by atoms with Gasteiger partial charge in [-0.2, -0.15) is 9.97 Å². The lowest BCUT2D eigenvalue weighted by molar-refractivity contribution is 0.406. The van der Waals surface area contributed by atoms with Crippen LogP contribution in [0.15, 0.2) is 38.1 Å². The molecule has 0 bridgehead atoms. The third kappa shape index (κ3) is 3.92. The summed E-state index contributed by atoms with van der Waals surface area (Å²) in [5.74, 6) is -0.636. The van der Waals surface area contributed by atoms with Crippen LogP contribution >= 0.6 is 46.7 Å². The standard InChI is InChI=1S/C21H18Cl2N4O4S2/c22-10-3-4-11(12(23)9-10)13(14-16(28)24-20-26(18(14)30)5-1-7-32-20)15-17(29)25-21-27(19(15)31)6-2-8-33-21/h3-4,9,13,28-29H,1-2,5-8H2. The van der Waals surface area contributed by atoms with E-state index >= 15 is 0 Å². The molecule has 0 radical (unpaired) electrons. The van der Waals surface area contributed by atoms with E-state index in [0.29, 0.717) is 34.0 Å². The topological polar surface area (TPSA) is 110 Å². The Morgan fingerprint density at radius 3 is 1.88 bits per heavy atom. The minimum absolute atomic E-state index is 0.135. The molecule has 0 unspecified atom stereocenters. The number of hydrogen-bond acceptors (Lipinski definition) is 8. The average molecular weight is 525 g/mol. The summed E-state index contributed by atoms with van der Waals surface area (Å²) in [5, 5.41) is 23.1. The van der Waals surface area contributed by atoms with E-state index in [0.717, 1.165) is 24.3 Å². The molecule has 0 amide bonds. The zero-order valence-corrected chi connectivity index (χ0v) is 20.3. The van der Waals surface area contributed by atoms with Crippen LogP contribution in [0.5, 0.6) is 11.8 Å². The SMILES string of the molecule is O=c1c(C(c2ccc(Cl)cc2Cl)c2c(O)nc3n(c2=O)CCCS3)c(O)nc2n1CCCS2. The summed E-state index contributed by atoms with van der Waals surface area (Å²) in [5.41, 5.74) is -0.918. The molecule has 0 saturated carbocycles. The summed E-state index contributed by atoms with van der Waals surface area (Å²) in [6.07, 6.45) is 1.53. The van der Waals surface area contributed by atoms with Crippen LogP contribution < -0.4 is 11.1 Å². The summed E-state index contributed by atoms with van der Waals surface area (Å²) in [4.78, 5) is 35.6. The highest BCUT2D eigenvalue weighted by molar-refractivity contribution is 7.99. The number of aromatic hydroxyl groups is 2. The number of rotatable bonds is 3. The van der Waals surface area contributed by atoms with Gasteiger partial charge in [-0.05, 0) is 30.5 Å². The number of aromatic nitrogens is 4. The molecule has 2 N–H and O–H groups in total. The molecule has 2 aliphatic heterocycles. The van der Waals surface area contributed by atoms with Crippen LogP contribution in [0.3, 0.4) is 0 Å². The van der Waals surface area contributed by atoms with Gasteiger partial charge in [-0.3, -0.25) is 18.7 Å². The first-order valence-corrected chi connectivity index (χ1v) is 13.0. The lowest BCUT2D eigenvalue weighted by atomic mass is 9.86. The molecule has 0 spiro atoms. The van der Waals surface area contributed by atoms with Gasteiger partial charge in [0.25, 0.3) is 11.1 Å². The van der Waals surface area contributed by atoms with Gasteiger partial charge in [0.15, 0.2) is 10.3 Å². The number of thioether (sulfide) groups is 2. The first kappa shape index (κ1) is 22.6. The third-order valence-corrected chi connectivity index (χ3v) is 8.35. The highest BCUT2D eigenvalue weighted by Gasteiger charge is 2.35. The number of nitrogens with zero attached hydrogens (tertiary/aromatic N) is 4. The Morgan fingerprint density at radius 2 is 1.39 bits per heavy atom. The van der Waals surface area contributed by atoms with E-state index in [-0.39, 0.29) is 16.1 Å². The molecule has 8 nitrogen and oxygen atoms in total. The van der Waals surface area contributed by atoms with Crippen molar-refractivity contribution in [2.24, 2.45) is 0 Å². The molecule has 1 aromatic carbocycles. The molecule has 33 heavy (non-hydrogen) atoms. The van der Waals surface area contributed by atoms with Crippen LogP contribution in [0.25, 0.3) is 0 Å². The van der Waals surface area contributed by atoms with Gasteiger partial charge in [0.2, 0.25) is 11.8 Å². The molecule has 0 saturated heterocycles. The highest BCUT2D eigenvalue weighted by Crippen LogP contribution is 2.41. The van der Waals surface area contributed by atoms with E-state index in [1.807, 2.05) is 0 Å². The van der Waals surface area contributed by atoms with Gasteiger partial charge >= 0.3 is 0 Å². The monoisotopic (exact) mass is 524 g/mol. The minimum Gasteiger partial charge on any atom is -0.493 e. The molecule has 0 fully saturated rings. The molecule has 2 aliphatic rings. The number of fused-ring (bicyclic) bond motifs is 2. The Hall–Kier alpha value is -2.14. The Balaban J connectivity index is 1.84. The fraction of sp³-hybridized carbons (Fsp3) is 0.333. The van der Waals surface area contributed by atoms with Crippen molar-refractivity contribution >= 4 is 46.7 Å². The first-order valence-electron chi connectivity index (χ1n) is 10.2. The molecule has 0 atom stereocenters. The Labute approximate surface area is 206 Å². The average Bonchev–Trinajstić information content (AvgIpc) is 2.78. The second-order valence-electron chi connectivity index (χ2n) is 7.68. The highest BCUT2D eigenvalue weighted by atomic mass is 35.5. The molecule has 172 valence electrons. The quantitative estimate of drug-likeness (QED) is 0.499. The van der Waals surface area contributed by atoms with Crippen molar-refractivity contribution in [3.63, 3.8) is 0 Å². The maximum atomic E-state index is 13.6. The van der Waals surface area contributed by atoms with E-state index < -0.39 is 28.8 Å². The van der Waals surface area contributed by atoms with Gasteiger partial charge in [0.05, 0.1) is 17.0 Å². The molecule has 2 aromatic heterocycles. The van der Waals surface area contributed by atoms with Crippen LogP contribution in [-0.2, 0) is 13.1 Å². The summed E-state index contributed by atoms with van der Waals surface area (Å²) in [6, 6.07) is 4.63. The molecule has 0 aliphatic carbocycles. The minimum atomic E-state index is -1.19. The van der Waals surface area contributed by atoms with E-state index in [2.05, 4.69) is 9.97 Å². The zero-order valence-electron chi connectivity index (χ0n) is 17.1. The molecule has 3 aromatic rings. The van der Waals surface area contributed by atoms with E-state index in [1.54, 1.807) is 12.1 Å². The zero-order chi connectivity index (χ0) is 23.3. The second kappa shape index (κ2) is 8.90. The van der Waals surface area contributed by atoms with Crippen LogP contribution in [0.1, 0.15) is 35.4 Å². The largest absolute Gasteiger partial charge is 0.493 e. The summed E-state index contributed by atoms with van der Waals surface area (Å²) in [6.45, 7) is 0.874. The number of benzene rings is 1. The van der Waals surface area contributed by atoms with Crippen LogP contribution in [0, 0.1) is 0 Å². The van der Waals surface area contributed by atoms with Crippen molar-refractivity contribution < 1.29 is 10.2 Å².